The Morgan fingerprint density at radius 3 is 2.95 bits per heavy atom. The van der Waals surface area contributed by atoms with Gasteiger partial charge in [-0.1, -0.05) is 6.07 Å². The number of likely N-dealkylation sites (tertiary alicyclic amines) is 1. The predicted octanol–water partition coefficient (Wildman–Crippen LogP) is 0.372. The third kappa shape index (κ3) is 3.99. The first-order chi connectivity index (χ1) is 9.99. The zero-order valence-corrected chi connectivity index (χ0v) is 11.6. The number of carbonyl (C=O) groups excluding carboxylic acids is 2. The highest BCUT2D eigenvalue weighted by Crippen LogP contribution is 2.19. The van der Waals surface area contributed by atoms with Gasteiger partial charge in [0.1, 0.15) is 11.9 Å². The van der Waals surface area contributed by atoms with E-state index in [4.69, 9.17) is 0 Å². The molecule has 2 N–H and O–H groups in total. The van der Waals surface area contributed by atoms with E-state index < -0.39 is 23.9 Å². The van der Waals surface area contributed by atoms with Crippen LogP contribution in [-0.4, -0.2) is 54.2 Å². The Balaban J connectivity index is 1.96. The molecule has 1 heterocycles. The molecule has 0 radical (unpaired) electrons. The highest BCUT2D eigenvalue weighted by molar-refractivity contribution is 5.92. The zero-order valence-electron chi connectivity index (χ0n) is 11.6. The van der Waals surface area contributed by atoms with Crippen LogP contribution in [0.3, 0.4) is 0 Å². The smallest absolute Gasteiger partial charge is 0.323 e. The molecule has 2 unspecified atom stereocenters. The van der Waals surface area contributed by atoms with Crippen molar-refractivity contribution in [2.75, 3.05) is 25.5 Å². The predicted molar refractivity (Wildman–Crippen MR) is 73.0 cm³/mol. The fraction of sp³-hybridized carbons (Fsp3) is 0.429. The van der Waals surface area contributed by atoms with Gasteiger partial charge in [0.25, 0.3) is 0 Å². The lowest BCUT2D eigenvalue weighted by Gasteiger charge is -2.21. The third-order valence-electron chi connectivity index (χ3n) is 3.31. The molecule has 0 aromatic heterocycles. The van der Waals surface area contributed by atoms with Gasteiger partial charge >= 0.3 is 5.97 Å². The molecule has 7 heteroatoms. The molecule has 0 saturated carbocycles. The number of benzene rings is 1. The van der Waals surface area contributed by atoms with Crippen LogP contribution in [0, 0.1) is 5.82 Å². The number of ether oxygens (including phenoxy) is 1. The molecule has 2 rings (SSSR count). The second kappa shape index (κ2) is 6.64. The lowest BCUT2D eigenvalue weighted by atomic mass is 10.2. The highest BCUT2D eigenvalue weighted by atomic mass is 19.1. The summed E-state index contributed by atoms with van der Waals surface area (Å²) in [6.45, 7) is 0.143. The van der Waals surface area contributed by atoms with E-state index in [1.165, 1.54) is 25.3 Å². The number of nitrogens with one attached hydrogen (secondary N) is 1. The molecule has 6 nitrogen and oxygen atoms in total. The number of esters is 1. The summed E-state index contributed by atoms with van der Waals surface area (Å²) in [7, 11) is 1.26. The van der Waals surface area contributed by atoms with Crippen LogP contribution in [0.4, 0.5) is 10.1 Å². The Hall–Kier alpha value is -1.99. The number of hydrogen-bond donors (Lipinski definition) is 2. The minimum atomic E-state index is -0.670. The maximum absolute atomic E-state index is 13.0. The molecule has 1 aliphatic heterocycles. The summed E-state index contributed by atoms with van der Waals surface area (Å²) < 4.78 is 17.7. The summed E-state index contributed by atoms with van der Waals surface area (Å²) in [4.78, 5) is 25.1. The summed E-state index contributed by atoms with van der Waals surface area (Å²) in [5.74, 6) is -1.31. The lowest BCUT2D eigenvalue weighted by molar-refractivity contribution is -0.146. The molecular weight excluding hydrogens is 279 g/mol. The molecule has 0 aliphatic carbocycles. The van der Waals surface area contributed by atoms with Crippen LogP contribution in [0.15, 0.2) is 24.3 Å². The Morgan fingerprint density at radius 2 is 2.29 bits per heavy atom. The molecule has 1 aliphatic rings. The molecule has 1 fully saturated rings. The average Bonchev–Trinajstić information content (AvgIpc) is 2.78. The summed E-state index contributed by atoms with van der Waals surface area (Å²) in [5, 5.41) is 12.2. The number of nitrogens with zero attached hydrogens (tertiary/aromatic N) is 1. The van der Waals surface area contributed by atoms with Gasteiger partial charge in [0, 0.05) is 18.7 Å². The van der Waals surface area contributed by atoms with Crippen LogP contribution in [0.25, 0.3) is 0 Å². The number of rotatable bonds is 4. The largest absolute Gasteiger partial charge is 0.468 e. The normalized spacial score (nSPS) is 22.0. The Morgan fingerprint density at radius 1 is 1.52 bits per heavy atom. The van der Waals surface area contributed by atoms with E-state index >= 15 is 0 Å². The van der Waals surface area contributed by atoms with Gasteiger partial charge in [0.2, 0.25) is 5.91 Å². The lowest BCUT2D eigenvalue weighted by Crippen LogP contribution is -2.41. The van der Waals surface area contributed by atoms with Gasteiger partial charge < -0.3 is 15.2 Å². The quantitative estimate of drug-likeness (QED) is 0.785. The Bertz CT molecular complexity index is 537. The number of hydrogen-bond acceptors (Lipinski definition) is 5. The first-order valence-corrected chi connectivity index (χ1v) is 6.55. The number of aliphatic hydroxyl groups is 1. The molecule has 0 spiro atoms. The second-order valence-corrected chi connectivity index (χ2v) is 4.92. The highest BCUT2D eigenvalue weighted by Gasteiger charge is 2.37. The first kappa shape index (κ1) is 15.4. The number of β-amino-alcohol motifs (C(OH)–C–C–N with tert-alkyl or cyclic N) is 1. The number of anilines is 1. The maximum Gasteiger partial charge on any atom is 0.323 e. The zero-order chi connectivity index (χ0) is 15.4. The number of aliphatic hydroxyl groups excluding tert-OH is 1. The van der Waals surface area contributed by atoms with E-state index in [9.17, 15) is 19.1 Å². The standard InChI is InChI=1S/C14H17FN2O4/c1-21-14(20)12-6-11(18)7-17(12)8-13(19)16-10-4-2-3-9(15)5-10/h2-5,11-12,18H,6-8H2,1H3,(H,16,19). The van der Waals surface area contributed by atoms with Gasteiger partial charge in [0.15, 0.2) is 0 Å². The van der Waals surface area contributed by atoms with Crippen molar-refractivity contribution in [3.63, 3.8) is 0 Å². The molecule has 21 heavy (non-hydrogen) atoms. The monoisotopic (exact) mass is 296 g/mol. The first-order valence-electron chi connectivity index (χ1n) is 6.55. The van der Waals surface area contributed by atoms with Gasteiger partial charge in [-0.2, -0.15) is 0 Å². The van der Waals surface area contributed by atoms with E-state index in [2.05, 4.69) is 10.1 Å². The molecule has 1 amide bonds. The van der Waals surface area contributed by atoms with Gasteiger partial charge in [-0.05, 0) is 18.2 Å². The van der Waals surface area contributed by atoms with E-state index in [1.54, 1.807) is 11.0 Å². The van der Waals surface area contributed by atoms with Crippen LogP contribution in [0.1, 0.15) is 6.42 Å². The number of amides is 1. The molecule has 2 atom stereocenters. The van der Waals surface area contributed by atoms with Gasteiger partial charge in [0.05, 0.1) is 19.8 Å². The van der Waals surface area contributed by atoms with E-state index in [0.717, 1.165) is 0 Å². The van der Waals surface area contributed by atoms with Crippen LogP contribution in [0.5, 0.6) is 0 Å². The van der Waals surface area contributed by atoms with Crippen molar-refractivity contribution in [2.24, 2.45) is 0 Å². The van der Waals surface area contributed by atoms with Gasteiger partial charge in [-0.3, -0.25) is 14.5 Å². The fourth-order valence-corrected chi connectivity index (χ4v) is 2.39. The number of carbonyl (C=O) groups is 2. The Kier molecular flexibility index (Phi) is 4.87. The third-order valence-corrected chi connectivity index (χ3v) is 3.31. The van der Waals surface area contributed by atoms with E-state index in [1.807, 2.05) is 0 Å². The van der Waals surface area contributed by atoms with Crippen molar-refractivity contribution in [1.82, 2.24) is 4.90 Å². The van der Waals surface area contributed by atoms with Crippen molar-refractivity contribution in [1.29, 1.82) is 0 Å². The molecule has 114 valence electrons. The van der Waals surface area contributed by atoms with Crippen molar-refractivity contribution < 1.29 is 23.8 Å². The van der Waals surface area contributed by atoms with Crippen molar-refractivity contribution in [3.8, 4) is 0 Å². The molecule has 1 saturated heterocycles. The van der Waals surface area contributed by atoms with E-state index in [-0.39, 0.29) is 25.4 Å². The molecule has 1 aromatic carbocycles. The van der Waals surface area contributed by atoms with E-state index in [0.29, 0.717) is 5.69 Å². The van der Waals surface area contributed by atoms with Crippen LogP contribution in [0.2, 0.25) is 0 Å². The fourth-order valence-electron chi connectivity index (χ4n) is 2.39. The number of halogens is 1. The minimum Gasteiger partial charge on any atom is -0.468 e. The topological polar surface area (TPSA) is 78.9 Å². The SMILES string of the molecule is COC(=O)C1CC(O)CN1CC(=O)Nc1cccc(F)c1. The van der Waals surface area contributed by atoms with Gasteiger partial charge in [-0.15, -0.1) is 0 Å². The molecule has 0 bridgehead atoms. The summed E-state index contributed by atoms with van der Waals surface area (Å²) in [6.07, 6.45) is -0.434. The Labute approximate surface area is 121 Å². The summed E-state index contributed by atoms with van der Waals surface area (Å²) in [5.41, 5.74) is 0.342. The molecule has 1 aromatic rings. The van der Waals surface area contributed by atoms with Crippen LogP contribution < -0.4 is 5.32 Å². The summed E-state index contributed by atoms with van der Waals surface area (Å²) in [6, 6.07) is 4.90. The average molecular weight is 296 g/mol. The minimum absolute atomic E-state index is 0.0761. The van der Waals surface area contributed by atoms with Crippen LogP contribution in [-0.2, 0) is 14.3 Å². The van der Waals surface area contributed by atoms with Gasteiger partial charge in [-0.25, -0.2) is 4.39 Å². The maximum atomic E-state index is 13.0. The van der Waals surface area contributed by atoms with Crippen molar-refractivity contribution in [2.45, 2.75) is 18.6 Å². The van der Waals surface area contributed by atoms with Crippen LogP contribution >= 0.6 is 0 Å². The molecular formula is C14H17FN2O4. The second-order valence-electron chi connectivity index (χ2n) is 4.92. The number of methoxy groups -OCH3 is 1. The van der Waals surface area contributed by atoms with Crippen molar-refractivity contribution >= 4 is 17.6 Å². The summed E-state index contributed by atoms with van der Waals surface area (Å²) >= 11 is 0. The van der Waals surface area contributed by atoms with Crippen molar-refractivity contribution in [3.05, 3.63) is 30.1 Å².